The molecule has 7 nitrogen and oxygen atoms in total. The van der Waals surface area contributed by atoms with Crippen LogP contribution in [0.2, 0.25) is 0 Å². The van der Waals surface area contributed by atoms with Crippen LogP contribution in [0.3, 0.4) is 0 Å². The average molecular weight is 417 g/mol. The summed E-state index contributed by atoms with van der Waals surface area (Å²) in [7, 11) is -1.96. The molecule has 146 valence electrons. The van der Waals surface area contributed by atoms with E-state index < -0.39 is 10.0 Å². The van der Waals surface area contributed by atoms with Gasteiger partial charge in [0.2, 0.25) is 15.9 Å². The first-order chi connectivity index (χ1) is 13.3. The third-order valence-corrected chi connectivity index (χ3v) is 6.80. The fraction of sp³-hybridized carbons (Fsp3) is 0.263. The zero-order valence-corrected chi connectivity index (χ0v) is 16.9. The lowest BCUT2D eigenvalue weighted by atomic mass is 10.1. The number of hydrogen-bond donors (Lipinski definition) is 2. The minimum absolute atomic E-state index is 0.0176. The highest BCUT2D eigenvalue weighted by molar-refractivity contribution is 7.99. The first-order valence-corrected chi connectivity index (χ1v) is 11.4. The van der Waals surface area contributed by atoms with E-state index in [4.69, 9.17) is 5.14 Å². The molecule has 1 aromatic heterocycles. The lowest BCUT2D eigenvalue weighted by Gasteiger charge is -2.07. The molecule has 0 atom stereocenters. The van der Waals surface area contributed by atoms with E-state index >= 15 is 0 Å². The largest absolute Gasteiger partial charge is 0.325 e. The number of sulfonamides is 1. The third-order valence-electron chi connectivity index (χ3n) is 4.85. The summed E-state index contributed by atoms with van der Waals surface area (Å²) in [6.07, 6.45) is 3.34. The number of nitrogens with one attached hydrogen (secondary N) is 1. The van der Waals surface area contributed by atoms with Gasteiger partial charge in [-0.15, -0.1) is 0 Å². The van der Waals surface area contributed by atoms with E-state index in [1.165, 1.54) is 41.4 Å². The van der Waals surface area contributed by atoms with Crippen LogP contribution < -0.4 is 10.5 Å². The highest BCUT2D eigenvalue weighted by Crippen LogP contribution is 2.26. The molecule has 0 radical (unpaired) electrons. The van der Waals surface area contributed by atoms with E-state index in [1.54, 1.807) is 6.07 Å². The van der Waals surface area contributed by atoms with Gasteiger partial charge < -0.3 is 9.88 Å². The van der Waals surface area contributed by atoms with Gasteiger partial charge in [-0.05, 0) is 60.7 Å². The zero-order valence-electron chi connectivity index (χ0n) is 15.3. The fourth-order valence-corrected chi connectivity index (χ4v) is 4.76. The molecule has 1 aliphatic rings. The fourth-order valence-electron chi connectivity index (χ4n) is 3.44. The summed E-state index contributed by atoms with van der Waals surface area (Å²) in [6.45, 7) is 0. The van der Waals surface area contributed by atoms with Crippen LogP contribution in [-0.4, -0.2) is 29.6 Å². The minimum atomic E-state index is -3.78. The number of hydrogen-bond acceptors (Lipinski definition) is 5. The zero-order chi connectivity index (χ0) is 19.9. The van der Waals surface area contributed by atoms with Crippen molar-refractivity contribution in [1.82, 2.24) is 9.55 Å². The predicted molar refractivity (Wildman–Crippen MR) is 110 cm³/mol. The summed E-state index contributed by atoms with van der Waals surface area (Å²) in [5.41, 5.74) is 4.79. The Labute approximate surface area is 167 Å². The maximum absolute atomic E-state index is 12.3. The van der Waals surface area contributed by atoms with Gasteiger partial charge in [0, 0.05) is 12.7 Å². The van der Waals surface area contributed by atoms with Gasteiger partial charge in [-0.1, -0.05) is 17.8 Å². The van der Waals surface area contributed by atoms with Crippen molar-refractivity contribution in [2.45, 2.75) is 29.3 Å². The molecule has 0 unspecified atom stereocenters. The van der Waals surface area contributed by atoms with Crippen LogP contribution in [0.1, 0.15) is 17.5 Å². The smallest absolute Gasteiger partial charge is 0.238 e. The molecular weight excluding hydrogens is 396 g/mol. The number of benzene rings is 2. The predicted octanol–water partition coefficient (Wildman–Crippen LogP) is 2.44. The van der Waals surface area contributed by atoms with Crippen molar-refractivity contribution in [1.29, 1.82) is 0 Å². The van der Waals surface area contributed by atoms with Gasteiger partial charge >= 0.3 is 0 Å². The van der Waals surface area contributed by atoms with Gasteiger partial charge in [0.05, 0.1) is 21.7 Å². The molecule has 1 aliphatic carbocycles. The van der Waals surface area contributed by atoms with E-state index in [-0.39, 0.29) is 16.6 Å². The van der Waals surface area contributed by atoms with E-state index in [1.807, 2.05) is 17.7 Å². The maximum atomic E-state index is 12.3. The van der Waals surface area contributed by atoms with Crippen molar-refractivity contribution >= 4 is 44.4 Å². The molecule has 28 heavy (non-hydrogen) atoms. The number of nitrogens with zero attached hydrogens (tertiary/aromatic N) is 2. The van der Waals surface area contributed by atoms with E-state index in [0.29, 0.717) is 10.7 Å². The molecule has 0 fully saturated rings. The average Bonchev–Trinajstić information content (AvgIpc) is 3.23. The molecule has 3 N–H and O–H groups in total. The Hall–Kier alpha value is -2.36. The van der Waals surface area contributed by atoms with Crippen LogP contribution in [0.25, 0.3) is 11.0 Å². The van der Waals surface area contributed by atoms with Crippen molar-refractivity contribution in [3.8, 4) is 0 Å². The number of primary sulfonamides is 1. The number of amides is 1. The number of nitrogens with two attached hydrogens (primary N) is 1. The monoisotopic (exact) mass is 416 g/mol. The number of aromatic nitrogens is 2. The Bertz CT molecular complexity index is 1190. The minimum Gasteiger partial charge on any atom is -0.325 e. The number of carbonyl (C=O) groups is 1. The Balaban J connectivity index is 1.46. The number of aryl methyl sites for hydroxylation is 3. The Kier molecular flexibility index (Phi) is 4.90. The number of carbonyl (C=O) groups excluding carboxylic acids is 1. The summed E-state index contributed by atoms with van der Waals surface area (Å²) in [5.74, 6) is 0.0938. The number of imidazole rings is 1. The van der Waals surface area contributed by atoms with Crippen molar-refractivity contribution < 1.29 is 13.2 Å². The molecule has 0 saturated carbocycles. The van der Waals surface area contributed by atoms with Gasteiger partial charge in [-0.25, -0.2) is 18.5 Å². The van der Waals surface area contributed by atoms with Crippen LogP contribution in [0.5, 0.6) is 0 Å². The van der Waals surface area contributed by atoms with Crippen LogP contribution in [0.15, 0.2) is 46.5 Å². The SMILES string of the molecule is Cn1c(SCC(=O)Nc2ccc3c(c2)CCC3)nc2cc(S(N)(=O)=O)ccc21. The number of anilines is 1. The lowest BCUT2D eigenvalue weighted by molar-refractivity contribution is -0.113. The number of rotatable bonds is 5. The summed E-state index contributed by atoms with van der Waals surface area (Å²) in [6, 6.07) is 10.6. The molecule has 0 spiro atoms. The third kappa shape index (κ3) is 3.78. The normalized spacial score (nSPS) is 13.6. The van der Waals surface area contributed by atoms with Gasteiger partial charge in [0.1, 0.15) is 0 Å². The molecule has 0 aliphatic heterocycles. The second-order valence-corrected chi connectivity index (χ2v) is 9.33. The summed E-state index contributed by atoms with van der Waals surface area (Å²) in [5, 5.41) is 8.74. The quantitative estimate of drug-likeness (QED) is 0.621. The van der Waals surface area contributed by atoms with Crippen LogP contribution >= 0.6 is 11.8 Å². The standard InChI is InChI=1S/C19H20N4O3S2/c1-23-17-8-7-15(28(20,25)26)10-16(17)22-19(23)27-11-18(24)21-14-6-5-12-3-2-4-13(12)9-14/h5-10H,2-4,11H2,1H3,(H,21,24)(H2,20,25,26). The van der Waals surface area contributed by atoms with Gasteiger partial charge in [0.15, 0.2) is 5.16 Å². The second-order valence-electron chi connectivity index (χ2n) is 6.82. The lowest BCUT2D eigenvalue weighted by Crippen LogP contribution is -2.14. The first-order valence-electron chi connectivity index (χ1n) is 8.85. The molecular formula is C19H20N4O3S2. The second kappa shape index (κ2) is 7.23. The molecule has 9 heteroatoms. The summed E-state index contributed by atoms with van der Waals surface area (Å²) >= 11 is 1.30. The van der Waals surface area contributed by atoms with Gasteiger partial charge in [0.25, 0.3) is 0 Å². The molecule has 0 saturated heterocycles. The topological polar surface area (TPSA) is 107 Å². The summed E-state index contributed by atoms with van der Waals surface area (Å²) in [4.78, 5) is 16.8. The maximum Gasteiger partial charge on any atom is 0.238 e. The highest BCUT2D eigenvalue weighted by Gasteiger charge is 2.15. The Morgan fingerprint density at radius 3 is 2.79 bits per heavy atom. The van der Waals surface area contributed by atoms with Crippen molar-refractivity contribution in [2.24, 2.45) is 12.2 Å². The van der Waals surface area contributed by atoms with Crippen molar-refractivity contribution in [3.05, 3.63) is 47.5 Å². The van der Waals surface area contributed by atoms with Crippen molar-refractivity contribution in [3.63, 3.8) is 0 Å². The van der Waals surface area contributed by atoms with Gasteiger partial charge in [-0.3, -0.25) is 4.79 Å². The van der Waals surface area contributed by atoms with Crippen LogP contribution in [-0.2, 0) is 34.7 Å². The summed E-state index contributed by atoms with van der Waals surface area (Å²) < 4.78 is 24.9. The Morgan fingerprint density at radius 2 is 2.00 bits per heavy atom. The van der Waals surface area contributed by atoms with E-state index in [2.05, 4.69) is 22.4 Å². The molecule has 2 aromatic carbocycles. The molecule has 0 bridgehead atoms. The molecule has 4 rings (SSSR count). The highest BCUT2D eigenvalue weighted by atomic mass is 32.2. The molecule has 3 aromatic rings. The van der Waals surface area contributed by atoms with Crippen LogP contribution in [0, 0.1) is 0 Å². The number of thioether (sulfide) groups is 1. The molecule has 1 amide bonds. The Morgan fingerprint density at radius 1 is 1.21 bits per heavy atom. The molecule has 1 heterocycles. The van der Waals surface area contributed by atoms with E-state index in [9.17, 15) is 13.2 Å². The van der Waals surface area contributed by atoms with Crippen molar-refractivity contribution in [2.75, 3.05) is 11.1 Å². The van der Waals surface area contributed by atoms with Gasteiger partial charge in [-0.2, -0.15) is 0 Å². The van der Waals surface area contributed by atoms with E-state index in [0.717, 1.165) is 24.0 Å². The first kappa shape index (κ1) is 19.0. The number of fused-ring (bicyclic) bond motifs is 2. The van der Waals surface area contributed by atoms with Crippen LogP contribution in [0.4, 0.5) is 5.69 Å².